The Morgan fingerprint density at radius 3 is 2.83 bits per heavy atom. The van der Waals surface area contributed by atoms with Gasteiger partial charge in [0.25, 0.3) is 0 Å². The summed E-state index contributed by atoms with van der Waals surface area (Å²) in [5, 5.41) is 4.24. The SMILES string of the molecule is Nc1oncc1-c1ccc(-n2ccnc2)c(Cl)c1. The second-order valence-electron chi connectivity index (χ2n) is 3.74. The number of imidazole rings is 1. The van der Waals surface area contributed by atoms with E-state index in [1.165, 1.54) is 0 Å². The van der Waals surface area contributed by atoms with Crippen molar-refractivity contribution >= 4 is 17.5 Å². The van der Waals surface area contributed by atoms with Crippen molar-refractivity contribution < 1.29 is 4.52 Å². The zero-order chi connectivity index (χ0) is 12.5. The Kier molecular flexibility index (Phi) is 2.53. The summed E-state index contributed by atoms with van der Waals surface area (Å²) < 4.78 is 6.67. The van der Waals surface area contributed by atoms with E-state index in [0.717, 1.165) is 16.8 Å². The highest BCUT2D eigenvalue weighted by molar-refractivity contribution is 6.32. The van der Waals surface area contributed by atoms with Gasteiger partial charge < -0.3 is 14.8 Å². The van der Waals surface area contributed by atoms with Crippen LogP contribution in [0.2, 0.25) is 5.02 Å². The molecule has 2 heterocycles. The molecule has 0 saturated carbocycles. The summed E-state index contributed by atoms with van der Waals surface area (Å²) in [5.41, 5.74) is 8.12. The third-order valence-corrected chi connectivity index (χ3v) is 2.94. The molecule has 0 saturated heterocycles. The molecule has 90 valence electrons. The van der Waals surface area contributed by atoms with Crippen LogP contribution in [0, 0.1) is 0 Å². The number of aromatic nitrogens is 3. The quantitative estimate of drug-likeness (QED) is 0.769. The van der Waals surface area contributed by atoms with E-state index in [0.29, 0.717) is 5.02 Å². The van der Waals surface area contributed by atoms with E-state index in [1.54, 1.807) is 18.7 Å². The highest BCUT2D eigenvalue weighted by atomic mass is 35.5. The van der Waals surface area contributed by atoms with Crippen molar-refractivity contribution in [3.63, 3.8) is 0 Å². The molecule has 0 aliphatic rings. The van der Waals surface area contributed by atoms with Crippen LogP contribution in [0.5, 0.6) is 0 Å². The van der Waals surface area contributed by atoms with E-state index >= 15 is 0 Å². The minimum atomic E-state index is 0.279. The van der Waals surface area contributed by atoms with Gasteiger partial charge in [0, 0.05) is 12.4 Å². The van der Waals surface area contributed by atoms with Gasteiger partial charge in [-0.2, -0.15) is 0 Å². The first-order chi connectivity index (χ1) is 8.75. The summed E-state index contributed by atoms with van der Waals surface area (Å²) in [6, 6.07) is 5.62. The lowest BCUT2D eigenvalue weighted by molar-refractivity contribution is 0.436. The number of anilines is 1. The maximum atomic E-state index is 6.25. The van der Waals surface area contributed by atoms with Crippen molar-refractivity contribution in [2.24, 2.45) is 0 Å². The molecule has 0 radical (unpaired) electrons. The summed E-state index contributed by atoms with van der Waals surface area (Å²) in [4.78, 5) is 3.99. The van der Waals surface area contributed by atoms with Gasteiger partial charge in [-0.15, -0.1) is 0 Å². The van der Waals surface area contributed by atoms with Crippen molar-refractivity contribution in [3.05, 3.63) is 48.1 Å². The monoisotopic (exact) mass is 260 g/mol. The molecule has 18 heavy (non-hydrogen) atoms. The highest BCUT2D eigenvalue weighted by Crippen LogP contribution is 2.30. The van der Waals surface area contributed by atoms with Crippen LogP contribution in [0.4, 0.5) is 5.88 Å². The fraction of sp³-hybridized carbons (Fsp3) is 0. The van der Waals surface area contributed by atoms with Crippen LogP contribution in [-0.4, -0.2) is 14.7 Å². The van der Waals surface area contributed by atoms with E-state index in [1.807, 2.05) is 29.0 Å². The maximum absolute atomic E-state index is 6.25. The van der Waals surface area contributed by atoms with Crippen LogP contribution in [0.25, 0.3) is 16.8 Å². The number of hydrogen-bond acceptors (Lipinski definition) is 4. The first-order valence-electron chi connectivity index (χ1n) is 5.24. The zero-order valence-electron chi connectivity index (χ0n) is 9.25. The summed E-state index contributed by atoms with van der Waals surface area (Å²) in [6.07, 6.45) is 6.78. The predicted octanol–water partition coefficient (Wildman–Crippen LogP) is 2.76. The number of hydrogen-bond donors (Lipinski definition) is 1. The van der Waals surface area contributed by atoms with E-state index in [-0.39, 0.29) is 5.88 Å². The van der Waals surface area contributed by atoms with Gasteiger partial charge in [-0.25, -0.2) is 4.98 Å². The molecule has 2 N–H and O–H groups in total. The van der Waals surface area contributed by atoms with Crippen molar-refractivity contribution in [1.82, 2.24) is 14.7 Å². The third kappa shape index (κ3) is 1.74. The van der Waals surface area contributed by atoms with Gasteiger partial charge in [-0.1, -0.05) is 22.8 Å². The fourth-order valence-electron chi connectivity index (χ4n) is 1.75. The molecule has 0 bridgehead atoms. The standard InChI is InChI=1S/C12H9ClN4O/c13-10-5-8(9-6-16-18-12(9)14)1-2-11(10)17-4-3-15-7-17/h1-7H,14H2. The molecule has 3 rings (SSSR count). The lowest BCUT2D eigenvalue weighted by Gasteiger charge is -2.06. The molecule has 0 fully saturated rings. The van der Waals surface area contributed by atoms with E-state index in [4.69, 9.17) is 21.9 Å². The molecule has 3 aromatic rings. The Hall–Kier alpha value is -2.27. The summed E-state index contributed by atoms with van der Waals surface area (Å²) in [5.74, 6) is 0.279. The fourth-order valence-corrected chi connectivity index (χ4v) is 2.03. The second kappa shape index (κ2) is 4.19. The smallest absolute Gasteiger partial charge is 0.229 e. The van der Waals surface area contributed by atoms with Gasteiger partial charge in [0.1, 0.15) is 0 Å². The van der Waals surface area contributed by atoms with Gasteiger partial charge in [0.05, 0.1) is 28.8 Å². The molecule has 6 heteroatoms. The van der Waals surface area contributed by atoms with Crippen LogP contribution >= 0.6 is 11.6 Å². The molecule has 2 aromatic heterocycles. The minimum absolute atomic E-state index is 0.279. The van der Waals surface area contributed by atoms with Gasteiger partial charge in [0.15, 0.2) is 0 Å². The Bertz CT molecular complexity index is 675. The second-order valence-corrected chi connectivity index (χ2v) is 4.15. The first-order valence-corrected chi connectivity index (χ1v) is 5.62. The highest BCUT2D eigenvalue weighted by Gasteiger charge is 2.10. The average Bonchev–Trinajstić information content (AvgIpc) is 2.99. The van der Waals surface area contributed by atoms with Crippen molar-refractivity contribution in [2.45, 2.75) is 0 Å². The molecule has 5 nitrogen and oxygen atoms in total. The van der Waals surface area contributed by atoms with Gasteiger partial charge >= 0.3 is 0 Å². The lowest BCUT2D eigenvalue weighted by atomic mass is 10.1. The molecule has 0 atom stereocenters. The molecule has 0 spiro atoms. The Labute approximate surface area is 108 Å². The first kappa shape index (κ1) is 10.9. The van der Waals surface area contributed by atoms with E-state index < -0.39 is 0 Å². The van der Waals surface area contributed by atoms with E-state index in [2.05, 4.69) is 10.1 Å². The molecule has 0 aliphatic heterocycles. The molecule has 0 unspecified atom stereocenters. The largest absolute Gasteiger partial charge is 0.367 e. The van der Waals surface area contributed by atoms with E-state index in [9.17, 15) is 0 Å². The molecule has 1 aromatic carbocycles. The van der Waals surface area contributed by atoms with Gasteiger partial charge in [-0.3, -0.25) is 0 Å². The van der Waals surface area contributed by atoms with Gasteiger partial charge in [0.2, 0.25) is 5.88 Å². The average molecular weight is 261 g/mol. The molecule has 0 aliphatic carbocycles. The zero-order valence-corrected chi connectivity index (χ0v) is 10.0. The number of nitrogen functional groups attached to an aromatic ring is 1. The molecular weight excluding hydrogens is 252 g/mol. The van der Waals surface area contributed by atoms with Crippen LogP contribution in [0.1, 0.15) is 0 Å². The Morgan fingerprint density at radius 2 is 2.22 bits per heavy atom. The number of benzene rings is 1. The van der Waals surface area contributed by atoms with Crippen molar-refractivity contribution in [3.8, 4) is 16.8 Å². The molecular formula is C12H9ClN4O. The Balaban J connectivity index is 2.07. The normalized spacial score (nSPS) is 10.7. The predicted molar refractivity (Wildman–Crippen MR) is 68.5 cm³/mol. The maximum Gasteiger partial charge on any atom is 0.229 e. The van der Waals surface area contributed by atoms with Crippen LogP contribution in [-0.2, 0) is 0 Å². The van der Waals surface area contributed by atoms with Crippen molar-refractivity contribution in [1.29, 1.82) is 0 Å². The number of halogens is 1. The Morgan fingerprint density at radius 1 is 1.33 bits per heavy atom. The van der Waals surface area contributed by atoms with Crippen LogP contribution in [0.3, 0.4) is 0 Å². The van der Waals surface area contributed by atoms with Crippen molar-refractivity contribution in [2.75, 3.05) is 5.73 Å². The van der Waals surface area contributed by atoms with Crippen LogP contribution < -0.4 is 5.73 Å². The van der Waals surface area contributed by atoms with Crippen LogP contribution in [0.15, 0.2) is 47.6 Å². The topological polar surface area (TPSA) is 69.9 Å². The number of nitrogens with zero attached hydrogens (tertiary/aromatic N) is 3. The molecule has 0 amide bonds. The lowest BCUT2D eigenvalue weighted by Crippen LogP contribution is -1.92. The summed E-state index contributed by atoms with van der Waals surface area (Å²) in [6.45, 7) is 0. The number of nitrogens with two attached hydrogens (primary N) is 1. The van der Waals surface area contributed by atoms with Gasteiger partial charge in [-0.05, 0) is 17.7 Å². The third-order valence-electron chi connectivity index (χ3n) is 2.64. The summed E-state index contributed by atoms with van der Waals surface area (Å²) in [7, 11) is 0. The minimum Gasteiger partial charge on any atom is -0.367 e. The number of rotatable bonds is 2. The summed E-state index contributed by atoms with van der Waals surface area (Å²) >= 11 is 6.25.